The van der Waals surface area contributed by atoms with Crippen LogP contribution in [0.2, 0.25) is 0 Å². The van der Waals surface area contributed by atoms with E-state index < -0.39 is 0 Å². The van der Waals surface area contributed by atoms with Gasteiger partial charge in [0.2, 0.25) is 0 Å². The molecule has 1 heterocycles. The van der Waals surface area contributed by atoms with Gasteiger partial charge in [-0.05, 0) is 60.5 Å². The van der Waals surface area contributed by atoms with Gasteiger partial charge in [0.15, 0.2) is 5.78 Å². The summed E-state index contributed by atoms with van der Waals surface area (Å²) in [5.74, 6) is 2.02. The van der Waals surface area contributed by atoms with E-state index in [9.17, 15) is 10.1 Å². The Morgan fingerprint density at radius 3 is 2.67 bits per heavy atom. The van der Waals surface area contributed by atoms with Crippen LogP contribution in [0.15, 0.2) is 30.3 Å². The Morgan fingerprint density at radius 1 is 1.23 bits per heavy atom. The lowest BCUT2D eigenvalue weighted by molar-refractivity contribution is 0.0304. The van der Waals surface area contributed by atoms with Crippen molar-refractivity contribution in [2.24, 2.45) is 17.8 Å². The number of rotatable bonds is 6. The topological polar surface area (TPSA) is 53.3 Å². The maximum absolute atomic E-state index is 13.7. The van der Waals surface area contributed by atoms with E-state index in [-0.39, 0.29) is 11.7 Å². The number of hydrogen-bond acceptors (Lipinski definition) is 4. The first-order chi connectivity index (χ1) is 14.5. The van der Waals surface area contributed by atoms with Crippen molar-refractivity contribution in [3.63, 3.8) is 0 Å². The molecule has 4 heteroatoms. The van der Waals surface area contributed by atoms with Crippen LogP contribution in [0.3, 0.4) is 0 Å². The van der Waals surface area contributed by atoms with Gasteiger partial charge in [-0.1, -0.05) is 38.5 Å². The zero-order chi connectivity index (χ0) is 21.3. The monoisotopic (exact) mass is 404 g/mol. The number of nitriles is 1. The van der Waals surface area contributed by atoms with Crippen molar-refractivity contribution in [2.75, 3.05) is 20.2 Å². The third-order valence-corrected chi connectivity index (χ3v) is 7.33. The van der Waals surface area contributed by atoms with Gasteiger partial charge in [0, 0.05) is 29.6 Å². The first-order valence-corrected chi connectivity index (χ1v) is 11.3. The largest absolute Gasteiger partial charge is 0.496 e. The highest BCUT2D eigenvalue weighted by Crippen LogP contribution is 2.37. The van der Waals surface area contributed by atoms with Crippen LogP contribution in [-0.4, -0.2) is 36.9 Å². The molecular weight excluding hydrogens is 372 g/mol. The number of Topliss-reactive ketones (excluding diaryl/α,β-unsaturated/α-hetero) is 1. The highest BCUT2D eigenvalue weighted by Gasteiger charge is 2.39. The SMILES string of the molecule is COc1ccc2cc(C(=O)[C@@H]3CN(C4CCC4)CC[C@@H]3C(C)C)ccc2c1CC#N. The van der Waals surface area contributed by atoms with Crippen LogP contribution in [0.5, 0.6) is 5.75 Å². The average molecular weight is 405 g/mol. The maximum Gasteiger partial charge on any atom is 0.167 e. The minimum absolute atomic E-state index is 0.0635. The van der Waals surface area contributed by atoms with Crippen LogP contribution in [0, 0.1) is 29.1 Å². The number of methoxy groups -OCH3 is 1. The summed E-state index contributed by atoms with van der Waals surface area (Å²) in [5, 5.41) is 11.2. The molecule has 0 spiro atoms. The van der Waals surface area contributed by atoms with E-state index in [1.807, 2.05) is 30.3 Å². The van der Waals surface area contributed by atoms with Gasteiger partial charge >= 0.3 is 0 Å². The number of carbonyl (C=O) groups is 1. The number of ether oxygens (including phenoxy) is 1. The Balaban J connectivity index is 1.65. The lowest BCUT2D eigenvalue weighted by Crippen LogP contribution is -2.51. The second-order valence-corrected chi connectivity index (χ2v) is 9.26. The molecule has 1 aliphatic heterocycles. The molecule has 158 valence electrons. The van der Waals surface area contributed by atoms with Crippen molar-refractivity contribution in [3.05, 3.63) is 41.5 Å². The van der Waals surface area contributed by atoms with Gasteiger partial charge in [-0.3, -0.25) is 9.69 Å². The molecule has 1 saturated carbocycles. The molecule has 0 bridgehead atoms. The average Bonchev–Trinajstić information content (AvgIpc) is 2.71. The number of carbonyl (C=O) groups excluding carboxylic acids is 1. The Bertz CT molecular complexity index is 971. The molecule has 30 heavy (non-hydrogen) atoms. The van der Waals surface area contributed by atoms with Crippen LogP contribution in [0.1, 0.15) is 55.5 Å². The molecule has 2 aromatic rings. The molecule has 2 aliphatic rings. The normalized spacial score (nSPS) is 22.6. The molecule has 4 nitrogen and oxygen atoms in total. The van der Waals surface area contributed by atoms with E-state index in [2.05, 4.69) is 24.8 Å². The standard InChI is InChI=1S/C26H32N2O2/c1-17(2)21-12-14-28(20-5-4-6-20)16-24(21)26(29)19-7-9-22-18(15-19)8-10-25(30-3)23(22)11-13-27/h7-10,15,17,20-21,24H,4-6,11-12,14,16H2,1-3H3/t21-,24-/m1/s1. The van der Waals surface area contributed by atoms with E-state index in [1.54, 1.807) is 7.11 Å². The molecule has 2 aromatic carbocycles. The number of nitrogens with zero attached hydrogens (tertiary/aromatic N) is 2. The summed E-state index contributed by atoms with van der Waals surface area (Å²) in [6.45, 7) is 6.54. The van der Waals surface area contributed by atoms with E-state index in [4.69, 9.17) is 4.74 Å². The number of ketones is 1. The molecule has 2 atom stereocenters. The van der Waals surface area contributed by atoms with Crippen LogP contribution in [0.25, 0.3) is 10.8 Å². The van der Waals surface area contributed by atoms with E-state index in [0.29, 0.717) is 24.3 Å². The fraction of sp³-hybridized carbons (Fsp3) is 0.538. The van der Waals surface area contributed by atoms with Crippen LogP contribution in [0.4, 0.5) is 0 Å². The Labute approximate surface area is 179 Å². The van der Waals surface area contributed by atoms with E-state index in [0.717, 1.165) is 47.2 Å². The minimum atomic E-state index is 0.0635. The second kappa shape index (κ2) is 8.78. The zero-order valence-electron chi connectivity index (χ0n) is 18.4. The quantitative estimate of drug-likeness (QED) is 0.618. The van der Waals surface area contributed by atoms with Crippen molar-refractivity contribution >= 4 is 16.6 Å². The second-order valence-electron chi connectivity index (χ2n) is 9.26. The Kier molecular flexibility index (Phi) is 6.11. The van der Waals surface area contributed by atoms with Crippen LogP contribution in [-0.2, 0) is 6.42 Å². The van der Waals surface area contributed by atoms with Gasteiger partial charge in [-0.15, -0.1) is 0 Å². The Morgan fingerprint density at radius 2 is 2.03 bits per heavy atom. The number of benzene rings is 2. The summed E-state index contributed by atoms with van der Waals surface area (Å²) in [6.07, 6.45) is 5.30. The van der Waals surface area contributed by atoms with Gasteiger partial charge < -0.3 is 4.74 Å². The molecule has 0 radical (unpaired) electrons. The number of piperidine rings is 1. The summed E-state index contributed by atoms with van der Waals surface area (Å²) in [5.41, 5.74) is 1.69. The molecule has 0 N–H and O–H groups in total. The predicted molar refractivity (Wildman–Crippen MR) is 120 cm³/mol. The van der Waals surface area contributed by atoms with Gasteiger partial charge in [-0.25, -0.2) is 0 Å². The lowest BCUT2D eigenvalue weighted by atomic mass is 9.73. The highest BCUT2D eigenvalue weighted by atomic mass is 16.5. The maximum atomic E-state index is 13.7. The third-order valence-electron chi connectivity index (χ3n) is 7.33. The number of hydrogen-bond donors (Lipinski definition) is 0. The molecule has 1 saturated heterocycles. The van der Waals surface area contributed by atoms with Crippen molar-refractivity contribution < 1.29 is 9.53 Å². The van der Waals surface area contributed by atoms with Crippen LogP contribution >= 0.6 is 0 Å². The fourth-order valence-corrected chi connectivity index (χ4v) is 5.35. The lowest BCUT2D eigenvalue weighted by Gasteiger charge is -2.46. The predicted octanol–water partition coefficient (Wildman–Crippen LogP) is 5.24. The fourth-order valence-electron chi connectivity index (χ4n) is 5.35. The molecule has 0 unspecified atom stereocenters. The van der Waals surface area contributed by atoms with Crippen molar-refractivity contribution in [1.82, 2.24) is 4.90 Å². The highest BCUT2D eigenvalue weighted by molar-refractivity contribution is 6.02. The van der Waals surface area contributed by atoms with Gasteiger partial charge in [0.1, 0.15) is 5.75 Å². The summed E-state index contributed by atoms with van der Waals surface area (Å²) in [6, 6.07) is 12.8. The summed E-state index contributed by atoms with van der Waals surface area (Å²) in [7, 11) is 1.63. The van der Waals surface area contributed by atoms with Gasteiger partial charge in [0.05, 0.1) is 19.6 Å². The number of likely N-dealkylation sites (tertiary alicyclic amines) is 1. The molecule has 0 aromatic heterocycles. The van der Waals surface area contributed by atoms with E-state index in [1.165, 1.54) is 19.3 Å². The summed E-state index contributed by atoms with van der Waals surface area (Å²) < 4.78 is 5.45. The third kappa shape index (κ3) is 3.84. The zero-order valence-corrected chi connectivity index (χ0v) is 18.4. The molecular formula is C26H32N2O2. The smallest absolute Gasteiger partial charge is 0.167 e. The first kappa shape index (κ1) is 20.9. The molecule has 2 fully saturated rings. The van der Waals surface area contributed by atoms with Crippen molar-refractivity contribution in [2.45, 2.75) is 52.0 Å². The van der Waals surface area contributed by atoms with Gasteiger partial charge in [0.25, 0.3) is 0 Å². The minimum Gasteiger partial charge on any atom is -0.496 e. The first-order valence-electron chi connectivity index (χ1n) is 11.3. The molecule has 0 amide bonds. The molecule has 1 aliphatic carbocycles. The summed E-state index contributed by atoms with van der Waals surface area (Å²) in [4.78, 5) is 16.2. The molecule has 4 rings (SSSR count). The summed E-state index contributed by atoms with van der Waals surface area (Å²) >= 11 is 0. The van der Waals surface area contributed by atoms with Crippen LogP contribution < -0.4 is 4.74 Å². The Hall–Kier alpha value is -2.38. The van der Waals surface area contributed by atoms with E-state index >= 15 is 0 Å². The number of fused-ring (bicyclic) bond motifs is 1. The van der Waals surface area contributed by atoms with Gasteiger partial charge in [-0.2, -0.15) is 5.26 Å². The van der Waals surface area contributed by atoms with Crippen molar-refractivity contribution in [3.8, 4) is 11.8 Å². The van der Waals surface area contributed by atoms with Crippen molar-refractivity contribution in [1.29, 1.82) is 5.26 Å².